The topological polar surface area (TPSA) is 70.8 Å². The minimum absolute atomic E-state index is 0.00409. The number of hydrogen-bond acceptors (Lipinski definition) is 5. The average Bonchev–Trinajstić information content (AvgIpc) is 2.72. The van der Waals surface area contributed by atoms with Crippen molar-refractivity contribution in [3.05, 3.63) is 81.9 Å². The third-order valence-electron chi connectivity index (χ3n) is 4.00. The summed E-state index contributed by atoms with van der Waals surface area (Å²) in [5.74, 6) is 1.93. The standard InChI is InChI=1S/C21H18ClNO5/c1-26-18-7-2-15(3-8-18)20-14-17(23(24)25)6-11-21(20)28-13-12-27-19-9-4-16(22)5-10-19/h2-11,14H,12-13H2,1H3. The zero-order valence-electron chi connectivity index (χ0n) is 15.1. The maximum atomic E-state index is 11.2. The molecule has 0 aliphatic carbocycles. The Balaban J connectivity index is 1.73. The summed E-state index contributed by atoms with van der Waals surface area (Å²) >= 11 is 5.85. The molecule has 0 amide bonds. The van der Waals surface area contributed by atoms with Crippen LogP contribution in [0.4, 0.5) is 5.69 Å². The van der Waals surface area contributed by atoms with Gasteiger partial charge in [-0.05, 0) is 48.0 Å². The van der Waals surface area contributed by atoms with Gasteiger partial charge in [0.2, 0.25) is 0 Å². The molecule has 3 aromatic rings. The number of rotatable bonds is 8. The second-order valence-corrected chi connectivity index (χ2v) is 6.25. The minimum Gasteiger partial charge on any atom is -0.497 e. The van der Waals surface area contributed by atoms with Gasteiger partial charge >= 0.3 is 0 Å². The molecule has 3 aromatic carbocycles. The summed E-state index contributed by atoms with van der Waals surface area (Å²) in [5.41, 5.74) is 1.41. The Morgan fingerprint density at radius 3 is 2.18 bits per heavy atom. The normalized spacial score (nSPS) is 10.4. The van der Waals surface area contributed by atoms with Crippen molar-refractivity contribution in [2.24, 2.45) is 0 Å². The van der Waals surface area contributed by atoms with E-state index < -0.39 is 4.92 Å². The first kappa shape index (κ1) is 19.5. The van der Waals surface area contributed by atoms with Gasteiger partial charge in [-0.15, -0.1) is 0 Å². The molecule has 0 atom stereocenters. The molecule has 0 fully saturated rings. The summed E-state index contributed by atoms with van der Waals surface area (Å²) in [5, 5.41) is 11.8. The van der Waals surface area contributed by atoms with Crippen LogP contribution in [-0.4, -0.2) is 25.2 Å². The number of nitrogens with zero attached hydrogens (tertiary/aromatic N) is 1. The average molecular weight is 400 g/mol. The first-order chi connectivity index (χ1) is 13.6. The summed E-state index contributed by atoms with van der Waals surface area (Å²) < 4.78 is 16.6. The van der Waals surface area contributed by atoms with Gasteiger partial charge in [0.1, 0.15) is 30.5 Å². The van der Waals surface area contributed by atoms with Crippen LogP contribution in [0.2, 0.25) is 5.02 Å². The van der Waals surface area contributed by atoms with Gasteiger partial charge in [0.05, 0.1) is 12.0 Å². The van der Waals surface area contributed by atoms with Gasteiger partial charge in [0, 0.05) is 22.7 Å². The van der Waals surface area contributed by atoms with Crippen molar-refractivity contribution in [1.29, 1.82) is 0 Å². The van der Waals surface area contributed by atoms with Crippen molar-refractivity contribution in [2.75, 3.05) is 20.3 Å². The number of nitro groups is 1. The van der Waals surface area contributed by atoms with Crippen LogP contribution in [0.25, 0.3) is 11.1 Å². The fourth-order valence-electron chi connectivity index (χ4n) is 2.60. The fraction of sp³-hybridized carbons (Fsp3) is 0.143. The Hall–Kier alpha value is -3.25. The van der Waals surface area contributed by atoms with Crippen LogP contribution >= 0.6 is 11.6 Å². The van der Waals surface area contributed by atoms with Crippen LogP contribution in [0.1, 0.15) is 0 Å². The SMILES string of the molecule is COc1ccc(-c2cc([N+](=O)[O-])ccc2OCCOc2ccc(Cl)cc2)cc1. The lowest BCUT2D eigenvalue weighted by Gasteiger charge is -2.13. The first-order valence-electron chi connectivity index (χ1n) is 8.51. The number of non-ortho nitro benzene ring substituents is 1. The molecule has 3 rings (SSSR count). The second-order valence-electron chi connectivity index (χ2n) is 5.82. The van der Waals surface area contributed by atoms with E-state index in [4.69, 9.17) is 25.8 Å². The van der Waals surface area contributed by atoms with Gasteiger partial charge in [0.15, 0.2) is 0 Å². The maximum absolute atomic E-state index is 11.2. The molecule has 144 valence electrons. The summed E-state index contributed by atoms with van der Waals surface area (Å²) in [6.45, 7) is 0.601. The Bertz CT molecular complexity index is 942. The van der Waals surface area contributed by atoms with E-state index in [1.54, 1.807) is 49.6 Å². The molecular weight excluding hydrogens is 382 g/mol. The Labute approximate surface area is 167 Å². The molecule has 0 aromatic heterocycles. The van der Waals surface area contributed by atoms with Gasteiger partial charge in [-0.1, -0.05) is 23.7 Å². The van der Waals surface area contributed by atoms with Crippen molar-refractivity contribution < 1.29 is 19.1 Å². The number of methoxy groups -OCH3 is 1. The number of benzene rings is 3. The van der Waals surface area contributed by atoms with E-state index in [0.717, 1.165) is 5.56 Å². The molecule has 0 bridgehead atoms. The Morgan fingerprint density at radius 1 is 0.893 bits per heavy atom. The molecule has 0 aliphatic heterocycles. The van der Waals surface area contributed by atoms with Crippen molar-refractivity contribution >= 4 is 17.3 Å². The van der Waals surface area contributed by atoms with Crippen LogP contribution in [0.5, 0.6) is 17.2 Å². The highest BCUT2D eigenvalue weighted by molar-refractivity contribution is 6.30. The predicted octanol–water partition coefficient (Wildman–Crippen LogP) is 5.38. The summed E-state index contributed by atoms with van der Waals surface area (Å²) in [6.07, 6.45) is 0. The molecule has 0 heterocycles. The minimum atomic E-state index is -0.430. The number of halogens is 1. The Morgan fingerprint density at radius 2 is 1.54 bits per heavy atom. The lowest BCUT2D eigenvalue weighted by atomic mass is 10.0. The highest BCUT2D eigenvalue weighted by Gasteiger charge is 2.14. The van der Waals surface area contributed by atoms with Crippen molar-refractivity contribution in [3.63, 3.8) is 0 Å². The number of hydrogen-bond donors (Lipinski definition) is 0. The van der Waals surface area contributed by atoms with E-state index in [1.807, 2.05) is 12.1 Å². The molecule has 0 N–H and O–H groups in total. The molecule has 0 saturated carbocycles. The summed E-state index contributed by atoms with van der Waals surface area (Å²) in [4.78, 5) is 10.7. The van der Waals surface area contributed by atoms with Gasteiger partial charge in [-0.25, -0.2) is 0 Å². The molecule has 0 radical (unpaired) electrons. The van der Waals surface area contributed by atoms with E-state index in [9.17, 15) is 10.1 Å². The van der Waals surface area contributed by atoms with E-state index in [0.29, 0.717) is 34.4 Å². The number of ether oxygens (including phenoxy) is 3. The Kier molecular flexibility index (Phi) is 6.34. The van der Waals surface area contributed by atoms with Crippen LogP contribution < -0.4 is 14.2 Å². The zero-order chi connectivity index (χ0) is 19.9. The van der Waals surface area contributed by atoms with Crippen molar-refractivity contribution in [2.45, 2.75) is 0 Å². The van der Waals surface area contributed by atoms with E-state index >= 15 is 0 Å². The predicted molar refractivity (Wildman–Crippen MR) is 108 cm³/mol. The monoisotopic (exact) mass is 399 g/mol. The molecular formula is C21H18ClNO5. The lowest BCUT2D eigenvalue weighted by molar-refractivity contribution is -0.384. The number of nitro benzene ring substituents is 1. The second kappa shape index (κ2) is 9.10. The molecule has 28 heavy (non-hydrogen) atoms. The van der Waals surface area contributed by atoms with E-state index in [-0.39, 0.29) is 12.3 Å². The van der Waals surface area contributed by atoms with Gasteiger partial charge < -0.3 is 14.2 Å². The van der Waals surface area contributed by atoms with Crippen LogP contribution in [0.3, 0.4) is 0 Å². The van der Waals surface area contributed by atoms with E-state index in [2.05, 4.69) is 0 Å². The van der Waals surface area contributed by atoms with Crippen LogP contribution in [0, 0.1) is 10.1 Å². The van der Waals surface area contributed by atoms with Crippen molar-refractivity contribution in [1.82, 2.24) is 0 Å². The third kappa shape index (κ3) is 4.92. The van der Waals surface area contributed by atoms with Crippen LogP contribution in [-0.2, 0) is 0 Å². The van der Waals surface area contributed by atoms with E-state index in [1.165, 1.54) is 12.1 Å². The van der Waals surface area contributed by atoms with Gasteiger partial charge in [-0.2, -0.15) is 0 Å². The highest BCUT2D eigenvalue weighted by atomic mass is 35.5. The molecule has 6 nitrogen and oxygen atoms in total. The lowest BCUT2D eigenvalue weighted by Crippen LogP contribution is -2.09. The van der Waals surface area contributed by atoms with Crippen LogP contribution in [0.15, 0.2) is 66.7 Å². The van der Waals surface area contributed by atoms with Gasteiger partial charge in [0.25, 0.3) is 5.69 Å². The third-order valence-corrected chi connectivity index (χ3v) is 4.25. The zero-order valence-corrected chi connectivity index (χ0v) is 15.9. The van der Waals surface area contributed by atoms with Crippen molar-refractivity contribution in [3.8, 4) is 28.4 Å². The maximum Gasteiger partial charge on any atom is 0.270 e. The highest BCUT2D eigenvalue weighted by Crippen LogP contribution is 2.34. The first-order valence-corrected chi connectivity index (χ1v) is 8.88. The largest absolute Gasteiger partial charge is 0.497 e. The summed E-state index contributed by atoms with van der Waals surface area (Å²) in [7, 11) is 1.58. The smallest absolute Gasteiger partial charge is 0.270 e. The molecule has 0 saturated heterocycles. The molecule has 0 aliphatic rings. The molecule has 0 spiro atoms. The summed E-state index contributed by atoms with van der Waals surface area (Å²) in [6, 6.07) is 18.8. The molecule has 7 heteroatoms. The van der Waals surface area contributed by atoms with Gasteiger partial charge in [-0.3, -0.25) is 10.1 Å². The quantitative estimate of drug-likeness (QED) is 0.289. The fourth-order valence-corrected chi connectivity index (χ4v) is 2.72. The molecule has 0 unspecified atom stereocenters.